The van der Waals surface area contributed by atoms with Crippen molar-refractivity contribution in [2.24, 2.45) is 10.9 Å². The average Bonchev–Trinajstić information content (AvgIpc) is 2.79. The van der Waals surface area contributed by atoms with Crippen molar-refractivity contribution in [1.82, 2.24) is 0 Å². The number of carbonyl (C=O) groups is 1. The monoisotopic (exact) mass is 273 g/mol. The highest BCUT2D eigenvalue weighted by Crippen LogP contribution is 2.43. The van der Waals surface area contributed by atoms with E-state index < -0.39 is 29.2 Å². The highest BCUT2D eigenvalue weighted by molar-refractivity contribution is 6.05. The van der Waals surface area contributed by atoms with Crippen LogP contribution in [0.1, 0.15) is 0 Å². The average molecular weight is 273 g/mol. The summed E-state index contributed by atoms with van der Waals surface area (Å²) in [6.07, 6.45) is 1.75. The molecule has 1 N–H and O–H groups in total. The van der Waals surface area contributed by atoms with E-state index in [1.54, 1.807) is 6.08 Å². The minimum Gasteiger partial charge on any atom is -0.466 e. The molecule has 4 nitrogen and oxygen atoms in total. The Hall–Kier alpha value is -1.89. The predicted octanol–water partition coefficient (Wildman–Crippen LogP) is 1.53. The van der Waals surface area contributed by atoms with Crippen molar-refractivity contribution in [3.8, 4) is 0 Å². The number of hydrogen-bond acceptors (Lipinski definition) is 4. The number of esters is 1. The zero-order valence-corrected chi connectivity index (χ0v) is 9.81. The van der Waals surface area contributed by atoms with Gasteiger partial charge in [-0.25, -0.2) is 4.79 Å². The number of aliphatic hydroxyl groups is 1. The van der Waals surface area contributed by atoms with Crippen LogP contribution >= 0.6 is 0 Å². The quantitative estimate of drug-likeness (QED) is 0.776. The lowest BCUT2D eigenvalue weighted by atomic mass is 9.81. The van der Waals surface area contributed by atoms with Gasteiger partial charge in [0.15, 0.2) is 0 Å². The Bertz CT molecular complexity index is 531. The van der Waals surface area contributed by atoms with Crippen LogP contribution in [0.15, 0.2) is 41.1 Å². The minimum absolute atomic E-state index is 0.337. The predicted molar refractivity (Wildman–Crippen MR) is 60.3 cm³/mol. The molecule has 0 bridgehead atoms. The maximum atomic E-state index is 13.1. The summed E-state index contributed by atoms with van der Waals surface area (Å²) >= 11 is 0. The standard InChI is InChI=1S/C12H10F3NO3/c1-19-10(17)11(18,12(13,14)15)8-6-16-9-5-3-2-4-7(8)9/h2-7,18H,1H3/t7-,11-/m1/s1. The van der Waals surface area contributed by atoms with Crippen LogP contribution in [0.3, 0.4) is 0 Å². The Labute approximate surface area is 106 Å². The number of aliphatic imine (C=N–C) groups is 1. The van der Waals surface area contributed by atoms with Gasteiger partial charge in [0, 0.05) is 17.7 Å². The number of halogens is 3. The number of rotatable bonds is 2. The Morgan fingerprint density at radius 1 is 1.42 bits per heavy atom. The molecule has 1 aliphatic carbocycles. The largest absolute Gasteiger partial charge is 0.466 e. The van der Waals surface area contributed by atoms with Gasteiger partial charge in [0.1, 0.15) is 0 Å². The molecule has 2 atom stereocenters. The summed E-state index contributed by atoms with van der Waals surface area (Å²) in [5.41, 5.74) is -3.90. The lowest BCUT2D eigenvalue weighted by Gasteiger charge is -2.31. The van der Waals surface area contributed by atoms with E-state index in [-0.39, 0.29) is 0 Å². The summed E-state index contributed by atoms with van der Waals surface area (Å²) < 4.78 is 43.3. The molecule has 0 fully saturated rings. The van der Waals surface area contributed by atoms with Crippen LogP contribution in [0.4, 0.5) is 13.2 Å². The van der Waals surface area contributed by atoms with Crippen LogP contribution in [0.25, 0.3) is 0 Å². The van der Waals surface area contributed by atoms with Gasteiger partial charge < -0.3 is 9.84 Å². The third-order valence-corrected chi connectivity index (χ3v) is 3.00. The number of hydrogen-bond donors (Lipinski definition) is 1. The molecule has 19 heavy (non-hydrogen) atoms. The lowest BCUT2D eigenvalue weighted by molar-refractivity contribution is -0.249. The first kappa shape index (κ1) is 13.5. The fraction of sp³-hybridized carbons (Fsp3) is 0.333. The summed E-state index contributed by atoms with van der Waals surface area (Å²) in [5.74, 6) is -2.65. The number of alkyl halides is 3. The van der Waals surface area contributed by atoms with Crippen molar-refractivity contribution in [1.29, 1.82) is 0 Å². The molecule has 1 heterocycles. The molecule has 0 amide bonds. The Kier molecular flexibility index (Phi) is 3.09. The fourth-order valence-electron chi connectivity index (χ4n) is 2.01. The summed E-state index contributed by atoms with van der Waals surface area (Å²) in [6, 6.07) is 0. The van der Waals surface area contributed by atoms with E-state index in [1.165, 1.54) is 18.2 Å². The second-order valence-corrected chi connectivity index (χ2v) is 4.06. The first-order valence-electron chi connectivity index (χ1n) is 5.33. The van der Waals surface area contributed by atoms with Crippen LogP contribution in [0, 0.1) is 5.92 Å². The Morgan fingerprint density at radius 3 is 2.68 bits per heavy atom. The normalized spacial score (nSPS) is 24.4. The van der Waals surface area contributed by atoms with Gasteiger partial charge in [-0.05, 0) is 6.08 Å². The van der Waals surface area contributed by atoms with Gasteiger partial charge in [-0.3, -0.25) is 4.99 Å². The van der Waals surface area contributed by atoms with Gasteiger partial charge in [-0.15, -0.1) is 0 Å². The van der Waals surface area contributed by atoms with Gasteiger partial charge in [-0.1, -0.05) is 18.2 Å². The van der Waals surface area contributed by atoms with E-state index in [2.05, 4.69) is 9.73 Å². The summed E-state index contributed by atoms with van der Waals surface area (Å²) in [4.78, 5) is 15.2. The first-order chi connectivity index (χ1) is 8.82. The second kappa shape index (κ2) is 4.34. The highest BCUT2D eigenvalue weighted by Gasteiger charge is 2.65. The number of carbonyl (C=O) groups excluding carboxylic acids is 1. The summed E-state index contributed by atoms with van der Waals surface area (Å²) in [7, 11) is 0.785. The Morgan fingerprint density at radius 2 is 2.11 bits per heavy atom. The maximum Gasteiger partial charge on any atom is 0.432 e. The lowest BCUT2D eigenvalue weighted by Crippen LogP contribution is -2.55. The van der Waals surface area contributed by atoms with Crippen LogP contribution in [-0.2, 0) is 9.53 Å². The highest BCUT2D eigenvalue weighted by atomic mass is 19.4. The molecule has 0 saturated heterocycles. The fourth-order valence-corrected chi connectivity index (χ4v) is 2.01. The van der Waals surface area contributed by atoms with E-state index in [0.717, 1.165) is 13.3 Å². The maximum absolute atomic E-state index is 13.1. The van der Waals surface area contributed by atoms with Gasteiger partial charge in [0.25, 0.3) is 5.60 Å². The summed E-state index contributed by atoms with van der Waals surface area (Å²) in [5, 5.41) is 9.86. The molecule has 0 aromatic heterocycles. The third-order valence-electron chi connectivity index (χ3n) is 3.00. The molecule has 0 aromatic rings. The van der Waals surface area contributed by atoms with Gasteiger partial charge >= 0.3 is 12.1 Å². The molecule has 7 heteroatoms. The second-order valence-electron chi connectivity index (χ2n) is 4.06. The molecule has 1 aliphatic heterocycles. The van der Waals surface area contributed by atoms with Crippen molar-refractivity contribution in [3.05, 3.63) is 36.1 Å². The van der Waals surface area contributed by atoms with Crippen molar-refractivity contribution in [2.45, 2.75) is 11.8 Å². The molecular formula is C12H10F3NO3. The number of ether oxygens (including phenoxy) is 1. The summed E-state index contributed by atoms with van der Waals surface area (Å²) in [6.45, 7) is 0. The molecule has 102 valence electrons. The van der Waals surface area contributed by atoms with E-state index in [4.69, 9.17) is 0 Å². The zero-order chi connectivity index (χ0) is 14.3. The zero-order valence-electron chi connectivity index (χ0n) is 9.81. The first-order valence-corrected chi connectivity index (χ1v) is 5.33. The van der Waals surface area contributed by atoms with Crippen molar-refractivity contribution in [2.75, 3.05) is 7.11 Å². The van der Waals surface area contributed by atoms with Gasteiger partial charge in [0.2, 0.25) is 0 Å². The van der Waals surface area contributed by atoms with Crippen molar-refractivity contribution < 1.29 is 27.8 Å². The molecule has 0 radical (unpaired) electrons. The smallest absolute Gasteiger partial charge is 0.432 e. The van der Waals surface area contributed by atoms with Crippen molar-refractivity contribution in [3.63, 3.8) is 0 Å². The van der Waals surface area contributed by atoms with Crippen LogP contribution in [-0.4, -0.2) is 35.7 Å². The SMILES string of the molecule is COC(=O)[C@](O)(C1=CN=C2C=CC=C[C@H]12)C(F)(F)F. The molecule has 0 saturated carbocycles. The van der Waals surface area contributed by atoms with Gasteiger partial charge in [-0.2, -0.15) is 13.2 Å². The van der Waals surface area contributed by atoms with Crippen molar-refractivity contribution >= 4 is 11.7 Å². The minimum atomic E-state index is -5.19. The number of methoxy groups -OCH3 is 1. The van der Waals surface area contributed by atoms with E-state index in [1.807, 2.05) is 0 Å². The molecule has 2 rings (SSSR count). The Balaban J connectivity index is 2.46. The molecule has 0 spiro atoms. The number of fused-ring (bicyclic) bond motifs is 1. The molecular weight excluding hydrogens is 263 g/mol. The number of allylic oxidation sites excluding steroid dienone is 4. The molecule has 0 unspecified atom stereocenters. The van der Waals surface area contributed by atoms with E-state index in [9.17, 15) is 23.1 Å². The van der Waals surface area contributed by atoms with Crippen LogP contribution in [0.5, 0.6) is 0 Å². The van der Waals surface area contributed by atoms with E-state index in [0.29, 0.717) is 5.71 Å². The van der Waals surface area contributed by atoms with E-state index >= 15 is 0 Å². The number of nitrogens with zero attached hydrogens (tertiary/aromatic N) is 1. The van der Waals surface area contributed by atoms with Crippen LogP contribution in [0.2, 0.25) is 0 Å². The third kappa shape index (κ3) is 1.90. The van der Waals surface area contributed by atoms with Gasteiger partial charge in [0.05, 0.1) is 12.8 Å². The topological polar surface area (TPSA) is 58.9 Å². The molecule has 0 aromatic carbocycles. The van der Waals surface area contributed by atoms with Crippen LogP contribution < -0.4 is 0 Å². The molecule has 2 aliphatic rings.